The number of nitrogens with zero attached hydrogens (tertiary/aromatic N) is 2. The number of aliphatic hydroxyl groups excluding tert-OH is 1. The second-order valence-corrected chi connectivity index (χ2v) is 12.0. The number of halogens is 1. The van der Waals surface area contributed by atoms with Crippen LogP contribution in [-0.2, 0) is 16.0 Å². The van der Waals surface area contributed by atoms with Gasteiger partial charge in [-0.05, 0) is 95.4 Å². The van der Waals surface area contributed by atoms with E-state index in [9.17, 15) is 19.8 Å². The van der Waals surface area contributed by atoms with E-state index < -0.39 is 17.7 Å². The third-order valence-electron chi connectivity index (χ3n) is 7.22. The van der Waals surface area contributed by atoms with Gasteiger partial charge >= 0.3 is 5.91 Å². The van der Waals surface area contributed by atoms with Crippen LogP contribution in [0.1, 0.15) is 40.8 Å². The number of ketones is 1. The highest BCUT2D eigenvalue weighted by Gasteiger charge is 2.48. The Kier molecular flexibility index (Phi) is 6.35. The number of aryl methyl sites for hydroxylation is 2. The third-order valence-corrected chi connectivity index (χ3v) is 8.83. The smallest absolute Gasteiger partial charge is 0.301 e. The second kappa shape index (κ2) is 9.64. The number of rotatable bonds is 4. The number of thiazole rings is 1. The molecule has 10 heteroatoms. The second-order valence-electron chi connectivity index (χ2n) is 10.1. The number of hydrogen-bond donors (Lipinski definition) is 2. The maximum atomic E-state index is 13.7. The largest absolute Gasteiger partial charge is 0.507 e. The van der Waals surface area contributed by atoms with E-state index in [4.69, 9.17) is 14.5 Å². The fourth-order valence-electron chi connectivity index (χ4n) is 5.44. The first-order valence-electron chi connectivity index (χ1n) is 12.6. The van der Waals surface area contributed by atoms with E-state index >= 15 is 0 Å². The molecule has 1 fully saturated rings. The number of phenols is 1. The van der Waals surface area contributed by atoms with Crippen molar-refractivity contribution in [3.63, 3.8) is 0 Å². The number of carbonyl (C=O) groups excluding carboxylic acids is 2. The Bertz CT molecular complexity index is 1780. The highest BCUT2D eigenvalue weighted by molar-refractivity contribution is 9.10. The summed E-state index contributed by atoms with van der Waals surface area (Å²) < 4.78 is 12.3. The Labute approximate surface area is 242 Å². The lowest BCUT2D eigenvalue weighted by atomic mass is 9.94. The molecule has 0 unspecified atom stereocenters. The van der Waals surface area contributed by atoms with Crippen LogP contribution in [-0.4, -0.2) is 40.1 Å². The summed E-state index contributed by atoms with van der Waals surface area (Å²) in [6.07, 6.45) is 0.673. The van der Waals surface area contributed by atoms with Crippen molar-refractivity contribution < 1.29 is 29.3 Å². The van der Waals surface area contributed by atoms with E-state index in [1.807, 2.05) is 32.9 Å². The summed E-state index contributed by atoms with van der Waals surface area (Å²) in [6, 6.07) is 11.4. The van der Waals surface area contributed by atoms with Crippen LogP contribution >= 0.6 is 27.3 Å². The van der Waals surface area contributed by atoms with Crippen LogP contribution in [0.25, 0.3) is 16.0 Å². The standard InChI is InChI=1S/C30H25BrN2O6S/c1-13-7-14(2)24-22(8-13)40-30(32-24)33-25(18-11-19(31)27(35)21(12-18)38-4)23(28(36)29(33)37)26(34)16-5-6-20-17(10-16)9-15(3)39-20/h5-8,10-12,15,25,34-35H,9H2,1-4H3/t15-,25-/m0/s1. The summed E-state index contributed by atoms with van der Waals surface area (Å²) in [5, 5.41) is 22.4. The van der Waals surface area contributed by atoms with Crippen molar-refractivity contribution >= 4 is 60.1 Å². The summed E-state index contributed by atoms with van der Waals surface area (Å²) in [4.78, 5) is 33.4. The predicted molar refractivity (Wildman–Crippen MR) is 156 cm³/mol. The Morgan fingerprint density at radius 1 is 1.18 bits per heavy atom. The number of phenolic OH excluding ortho intramolecular Hbond substituents is 1. The maximum absolute atomic E-state index is 13.7. The van der Waals surface area contributed by atoms with Crippen LogP contribution in [0.4, 0.5) is 5.13 Å². The zero-order valence-electron chi connectivity index (χ0n) is 22.1. The summed E-state index contributed by atoms with van der Waals surface area (Å²) >= 11 is 4.65. The number of aromatic nitrogens is 1. The molecule has 6 rings (SSSR count). The van der Waals surface area contributed by atoms with Gasteiger partial charge in [-0.3, -0.25) is 14.5 Å². The van der Waals surface area contributed by atoms with Crippen LogP contribution in [0.3, 0.4) is 0 Å². The highest BCUT2D eigenvalue weighted by Crippen LogP contribution is 2.48. The van der Waals surface area contributed by atoms with E-state index in [-0.39, 0.29) is 28.9 Å². The van der Waals surface area contributed by atoms with Gasteiger partial charge in [0.2, 0.25) is 0 Å². The molecule has 1 aromatic heterocycles. The minimum absolute atomic E-state index is 0.00548. The monoisotopic (exact) mass is 620 g/mol. The van der Waals surface area contributed by atoms with Gasteiger partial charge < -0.3 is 19.7 Å². The molecule has 2 aliphatic rings. The van der Waals surface area contributed by atoms with Crippen molar-refractivity contribution in [2.24, 2.45) is 0 Å². The quantitative estimate of drug-likeness (QED) is 0.156. The molecule has 2 aliphatic heterocycles. The van der Waals surface area contributed by atoms with Gasteiger partial charge in [0, 0.05) is 12.0 Å². The molecule has 0 saturated carbocycles. The molecule has 40 heavy (non-hydrogen) atoms. The lowest BCUT2D eigenvalue weighted by Crippen LogP contribution is -2.29. The molecule has 0 radical (unpaired) electrons. The number of Topliss-reactive ketones (excluding diaryl/α,β-unsaturated/α-hetero) is 1. The molecule has 204 valence electrons. The number of anilines is 1. The van der Waals surface area contributed by atoms with E-state index in [1.165, 1.54) is 23.3 Å². The van der Waals surface area contributed by atoms with Crippen LogP contribution < -0.4 is 14.4 Å². The number of methoxy groups -OCH3 is 1. The molecule has 2 atom stereocenters. The van der Waals surface area contributed by atoms with Crippen molar-refractivity contribution in [2.45, 2.75) is 39.3 Å². The maximum Gasteiger partial charge on any atom is 0.301 e. The molecule has 0 bridgehead atoms. The van der Waals surface area contributed by atoms with Crippen LogP contribution in [0.15, 0.2) is 52.5 Å². The van der Waals surface area contributed by atoms with Crippen LogP contribution in [0.2, 0.25) is 0 Å². The Hall–Kier alpha value is -3.89. The average molecular weight is 622 g/mol. The van der Waals surface area contributed by atoms with Gasteiger partial charge in [0.25, 0.3) is 5.78 Å². The minimum atomic E-state index is -1.03. The Balaban J connectivity index is 1.58. The molecule has 4 aromatic rings. The molecular formula is C30H25BrN2O6S. The topological polar surface area (TPSA) is 109 Å². The van der Waals surface area contributed by atoms with Crippen LogP contribution in [0.5, 0.6) is 17.2 Å². The molecule has 1 saturated heterocycles. The van der Waals surface area contributed by atoms with Gasteiger partial charge in [-0.1, -0.05) is 17.4 Å². The summed E-state index contributed by atoms with van der Waals surface area (Å²) in [6.45, 7) is 5.90. The number of fused-ring (bicyclic) bond motifs is 2. The fraction of sp³-hybridized carbons (Fsp3) is 0.233. The average Bonchev–Trinajstić information content (AvgIpc) is 3.57. The molecule has 1 amide bonds. The van der Waals surface area contributed by atoms with Crippen molar-refractivity contribution in [3.05, 3.63) is 80.3 Å². The summed E-state index contributed by atoms with van der Waals surface area (Å²) in [5.41, 5.74) is 4.43. The number of hydrogen-bond acceptors (Lipinski definition) is 8. The first-order valence-corrected chi connectivity index (χ1v) is 14.2. The van der Waals surface area contributed by atoms with Gasteiger partial charge in [0.15, 0.2) is 16.6 Å². The van der Waals surface area contributed by atoms with Gasteiger partial charge in [-0.15, -0.1) is 0 Å². The molecule has 0 aliphatic carbocycles. The van der Waals surface area contributed by atoms with Crippen molar-refractivity contribution in [1.82, 2.24) is 4.98 Å². The van der Waals surface area contributed by atoms with Crippen molar-refractivity contribution in [3.8, 4) is 17.2 Å². The lowest BCUT2D eigenvalue weighted by molar-refractivity contribution is -0.132. The Morgan fingerprint density at radius 2 is 1.95 bits per heavy atom. The SMILES string of the molecule is COc1cc([C@H]2C(=C(O)c3ccc4c(c3)C[C@H](C)O4)C(=O)C(=O)N2c2nc3c(C)cc(C)cc3s2)cc(Br)c1O. The number of aliphatic hydroxyl groups is 1. The first-order chi connectivity index (χ1) is 19.1. The van der Waals surface area contributed by atoms with E-state index in [2.05, 4.69) is 15.9 Å². The van der Waals surface area contributed by atoms with Gasteiger partial charge in [-0.25, -0.2) is 4.98 Å². The normalized spacial score (nSPS) is 19.8. The molecule has 8 nitrogen and oxygen atoms in total. The van der Waals surface area contributed by atoms with E-state index in [0.29, 0.717) is 27.2 Å². The zero-order valence-corrected chi connectivity index (χ0v) is 24.5. The molecule has 3 aromatic carbocycles. The lowest BCUT2D eigenvalue weighted by Gasteiger charge is -2.24. The van der Waals surface area contributed by atoms with Crippen molar-refractivity contribution in [2.75, 3.05) is 12.0 Å². The number of benzene rings is 3. The number of amides is 1. The van der Waals surface area contributed by atoms with Gasteiger partial charge in [-0.2, -0.15) is 0 Å². The van der Waals surface area contributed by atoms with E-state index in [1.54, 1.807) is 30.3 Å². The number of aromatic hydroxyl groups is 1. The van der Waals surface area contributed by atoms with Gasteiger partial charge in [0.05, 0.1) is 33.4 Å². The minimum Gasteiger partial charge on any atom is -0.507 e. The summed E-state index contributed by atoms with van der Waals surface area (Å²) in [5.74, 6) is -1.18. The van der Waals surface area contributed by atoms with Gasteiger partial charge in [0.1, 0.15) is 17.6 Å². The molecule has 2 N–H and O–H groups in total. The highest BCUT2D eigenvalue weighted by atomic mass is 79.9. The molecule has 3 heterocycles. The van der Waals surface area contributed by atoms with E-state index in [0.717, 1.165) is 32.7 Å². The zero-order chi connectivity index (χ0) is 28.5. The number of carbonyl (C=O) groups is 2. The van der Waals surface area contributed by atoms with Crippen molar-refractivity contribution in [1.29, 1.82) is 0 Å². The predicted octanol–water partition coefficient (Wildman–Crippen LogP) is 6.34. The molecule has 0 spiro atoms. The Morgan fingerprint density at radius 3 is 2.70 bits per heavy atom. The van der Waals surface area contributed by atoms with Crippen LogP contribution in [0, 0.1) is 13.8 Å². The first kappa shape index (κ1) is 26.3. The third kappa shape index (κ3) is 4.13. The fourth-order valence-corrected chi connectivity index (χ4v) is 7.07. The molecular weight excluding hydrogens is 596 g/mol. The number of ether oxygens (including phenoxy) is 2. The summed E-state index contributed by atoms with van der Waals surface area (Å²) in [7, 11) is 1.41.